The molecule has 9 heteroatoms. The fraction of sp³-hybridized carbons (Fsp3) is 0.320. The molecule has 1 aliphatic heterocycles. The first-order valence-corrected chi connectivity index (χ1v) is 11.8. The van der Waals surface area contributed by atoms with E-state index >= 15 is 0 Å². The van der Waals surface area contributed by atoms with Crippen LogP contribution in [0.5, 0.6) is 0 Å². The second-order valence-electron chi connectivity index (χ2n) is 8.26. The molecule has 0 radical (unpaired) electrons. The standard InChI is InChI=1S/C25H26BrN3O5/c1-4-32-24(31)21-13-22(16-5-9-18(26)10-6-16)29(28-21)19-11-7-17(8-12-19)23(30)27-14-20-15-33-25(2,3)34-20/h5-13,20H,4,14-15H2,1-3H3,(H,27,30)/t20-/m0/s1. The summed E-state index contributed by atoms with van der Waals surface area (Å²) in [5, 5.41) is 7.36. The lowest BCUT2D eigenvalue weighted by Gasteiger charge is -2.17. The Morgan fingerprint density at radius 3 is 2.50 bits per heavy atom. The topological polar surface area (TPSA) is 91.7 Å². The largest absolute Gasteiger partial charge is 0.461 e. The number of carbonyl (C=O) groups excluding carboxylic acids is 2. The lowest BCUT2D eigenvalue weighted by molar-refractivity contribution is -0.137. The van der Waals surface area contributed by atoms with Crippen molar-refractivity contribution in [1.29, 1.82) is 0 Å². The van der Waals surface area contributed by atoms with E-state index in [0.29, 0.717) is 24.4 Å². The Bertz CT molecular complexity index is 1170. The highest BCUT2D eigenvalue weighted by atomic mass is 79.9. The van der Waals surface area contributed by atoms with E-state index in [4.69, 9.17) is 14.2 Å². The number of ether oxygens (including phenoxy) is 3. The van der Waals surface area contributed by atoms with Crippen LogP contribution in [0.2, 0.25) is 0 Å². The number of halogens is 1. The van der Waals surface area contributed by atoms with Gasteiger partial charge in [-0.2, -0.15) is 5.10 Å². The van der Waals surface area contributed by atoms with E-state index in [-0.39, 0.29) is 24.3 Å². The number of esters is 1. The summed E-state index contributed by atoms with van der Waals surface area (Å²) in [6, 6.07) is 16.4. The zero-order chi connectivity index (χ0) is 24.3. The summed E-state index contributed by atoms with van der Waals surface area (Å²) in [6.07, 6.45) is -0.183. The minimum Gasteiger partial charge on any atom is -0.461 e. The molecule has 178 valence electrons. The molecule has 0 spiro atoms. The average Bonchev–Trinajstić information content (AvgIpc) is 3.42. The Labute approximate surface area is 206 Å². The fourth-order valence-electron chi connectivity index (χ4n) is 3.64. The smallest absolute Gasteiger partial charge is 0.358 e. The third-order valence-electron chi connectivity index (χ3n) is 5.27. The molecule has 1 N–H and O–H groups in total. The van der Waals surface area contributed by atoms with Crippen LogP contribution in [0.1, 0.15) is 41.6 Å². The average molecular weight is 528 g/mol. The van der Waals surface area contributed by atoms with Crippen molar-refractivity contribution < 1.29 is 23.8 Å². The van der Waals surface area contributed by atoms with Crippen molar-refractivity contribution in [2.75, 3.05) is 19.8 Å². The highest BCUT2D eigenvalue weighted by Gasteiger charge is 2.32. The molecule has 34 heavy (non-hydrogen) atoms. The van der Waals surface area contributed by atoms with Gasteiger partial charge in [-0.05, 0) is 63.2 Å². The highest BCUT2D eigenvalue weighted by molar-refractivity contribution is 9.10. The quantitative estimate of drug-likeness (QED) is 0.459. The molecule has 8 nitrogen and oxygen atoms in total. The number of aromatic nitrogens is 2. The van der Waals surface area contributed by atoms with Crippen molar-refractivity contribution in [2.24, 2.45) is 0 Å². The first-order chi connectivity index (χ1) is 16.3. The summed E-state index contributed by atoms with van der Waals surface area (Å²) < 4.78 is 19.0. The number of nitrogens with one attached hydrogen (secondary N) is 1. The monoisotopic (exact) mass is 527 g/mol. The normalized spacial score (nSPS) is 16.9. The van der Waals surface area contributed by atoms with E-state index in [1.807, 2.05) is 38.1 Å². The second kappa shape index (κ2) is 10.1. The van der Waals surface area contributed by atoms with Gasteiger partial charge in [0.15, 0.2) is 11.5 Å². The molecule has 2 aromatic carbocycles. The Hall–Kier alpha value is -3.01. The molecule has 1 amide bonds. The Morgan fingerprint density at radius 2 is 1.88 bits per heavy atom. The molecule has 2 heterocycles. The lowest BCUT2D eigenvalue weighted by atomic mass is 10.1. The number of hydrogen-bond acceptors (Lipinski definition) is 6. The van der Waals surface area contributed by atoms with Crippen LogP contribution in [0.25, 0.3) is 16.9 Å². The summed E-state index contributed by atoms with van der Waals surface area (Å²) in [5.41, 5.74) is 3.04. The molecular weight excluding hydrogens is 502 g/mol. The van der Waals surface area contributed by atoms with Crippen LogP contribution in [-0.2, 0) is 14.2 Å². The number of rotatable bonds is 7. The number of nitrogens with zero attached hydrogens (tertiary/aromatic N) is 2. The molecular formula is C25H26BrN3O5. The molecule has 1 fully saturated rings. The highest BCUT2D eigenvalue weighted by Crippen LogP contribution is 2.26. The molecule has 1 saturated heterocycles. The van der Waals surface area contributed by atoms with Crippen molar-refractivity contribution in [1.82, 2.24) is 15.1 Å². The van der Waals surface area contributed by atoms with Gasteiger partial charge in [-0.1, -0.05) is 28.1 Å². The molecule has 0 unspecified atom stereocenters. The lowest BCUT2D eigenvalue weighted by Crippen LogP contribution is -2.34. The SMILES string of the molecule is CCOC(=O)c1cc(-c2ccc(Br)cc2)n(-c2ccc(C(=O)NC[C@H]3COC(C)(C)O3)cc2)n1. The van der Waals surface area contributed by atoms with Gasteiger partial charge in [0.1, 0.15) is 6.10 Å². The number of benzene rings is 2. The molecule has 0 aliphatic carbocycles. The van der Waals surface area contributed by atoms with Crippen molar-refractivity contribution in [3.05, 3.63) is 70.3 Å². The Morgan fingerprint density at radius 1 is 1.18 bits per heavy atom. The summed E-state index contributed by atoms with van der Waals surface area (Å²) in [7, 11) is 0. The predicted molar refractivity (Wildman–Crippen MR) is 130 cm³/mol. The van der Waals surface area contributed by atoms with E-state index in [9.17, 15) is 9.59 Å². The van der Waals surface area contributed by atoms with Gasteiger partial charge >= 0.3 is 5.97 Å². The van der Waals surface area contributed by atoms with Gasteiger partial charge in [-0.15, -0.1) is 0 Å². The van der Waals surface area contributed by atoms with Gasteiger partial charge in [-0.25, -0.2) is 9.48 Å². The minimum absolute atomic E-state index is 0.183. The maximum Gasteiger partial charge on any atom is 0.358 e. The minimum atomic E-state index is -0.629. The van der Waals surface area contributed by atoms with E-state index < -0.39 is 11.8 Å². The third-order valence-corrected chi connectivity index (χ3v) is 5.79. The second-order valence-corrected chi connectivity index (χ2v) is 9.18. The summed E-state index contributed by atoms with van der Waals surface area (Å²) in [4.78, 5) is 24.9. The molecule has 1 aliphatic rings. The maximum absolute atomic E-state index is 12.6. The Balaban J connectivity index is 1.54. The summed E-state index contributed by atoms with van der Waals surface area (Å²) in [5.74, 6) is -1.33. The van der Waals surface area contributed by atoms with Gasteiger partial charge in [0.25, 0.3) is 5.91 Å². The first kappa shape index (κ1) is 24.1. The van der Waals surface area contributed by atoms with E-state index in [0.717, 1.165) is 15.7 Å². The van der Waals surface area contributed by atoms with Gasteiger partial charge in [0.05, 0.1) is 24.6 Å². The summed E-state index contributed by atoms with van der Waals surface area (Å²) >= 11 is 3.44. The van der Waals surface area contributed by atoms with Crippen LogP contribution in [0, 0.1) is 0 Å². The number of hydrogen-bond donors (Lipinski definition) is 1. The van der Waals surface area contributed by atoms with Crippen molar-refractivity contribution in [3.8, 4) is 16.9 Å². The van der Waals surface area contributed by atoms with Crippen LogP contribution in [-0.4, -0.2) is 53.3 Å². The molecule has 0 bridgehead atoms. The van der Waals surface area contributed by atoms with Gasteiger partial charge < -0.3 is 19.5 Å². The molecule has 1 aromatic heterocycles. The zero-order valence-electron chi connectivity index (χ0n) is 19.2. The van der Waals surface area contributed by atoms with Gasteiger partial charge in [0.2, 0.25) is 0 Å². The first-order valence-electron chi connectivity index (χ1n) is 11.0. The van der Waals surface area contributed by atoms with Crippen LogP contribution < -0.4 is 5.32 Å². The molecule has 1 atom stereocenters. The van der Waals surface area contributed by atoms with Crippen LogP contribution >= 0.6 is 15.9 Å². The van der Waals surface area contributed by atoms with Crippen molar-refractivity contribution in [3.63, 3.8) is 0 Å². The maximum atomic E-state index is 12.6. The van der Waals surface area contributed by atoms with Crippen LogP contribution in [0.4, 0.5) is 0 Å². The van der Waals surface area contributed by atoms with Crippen LogP contribution in [0.3, 0.4) is 0 Å². The Kier molecular flexibility index (Phi) is 7.16. The number of carbonyl (C=O) groups is 2. The van der Waals surface area contributed by atoms with Crippen LogP contribution in [0.15, 0.2) is 59.1 Å². The predicted octanol–water partition coefficient (Wildman–Crippen LogP) is 4.36. The van der Waals surface area contributed by atoms with Crippen molar-refractivity contribution in [2.45, 2.75) is 32.7 Å². The fourth-order valence-corrected chi connectivity index (χ4v) is 3.90. The van der Waals surface area contributed by atoms with E-state index in [1.165, 1.54) is 0 Å². The van der Waals surface area contributed by atoms with E-state index in [1.54, 1.807) is 41.9 Å². The zero-order valence-corrected chi connectivity index (χ0v) is 20.8. The van der Waals surface area contributed by atoms with E-state index in [2.05, 4.69) is 26.3 Å². The van der Waals surface area contributed by atoms with Gasteiger partial charge in [-0.3, -0.25) is 4.79 Å². The molecule has 0 saturated carbocycles. The summed E-state index contributed by atoms with van der Waals surface area (Å²) in [6.45, 7) is 6.50. The number of amides is 1. The third kappa shape index (κ3) is 5.55. The van der Waals surface area contributed by atoms with Gasteiger partial charge in [0, 0.05) is 22.1 Å². The molecule has 3 aromatic rings. The molecule has 4 rings (SSSR count). The van der Waals surface area contributed by atoms with Crippen molar-refractivity contribution >= 4 is 27.8 Å².